The fourth-order valence-electron chi connectivity index (χ4n) is 3.77. The average Bonchev–Trinajstić information content (AvgIpc) is 3.21. The van der Waals surface area contributed by atoms with E-state index < -0.39 is 11.2 Å². The lowest BCUT2D eigenvalue weighted by molar-refractivity contribution is -0.201. The van der Waals surface area contributed by atoms with Gasteiger partial charge in [-0.15, -0.1) is 16.4 Å². The number of aryl methyl sites for hydroxylation is 1. The topological polar surface area (TPSA) is 61.9 Å². The monoisotopic (exact) mass is 529 g/mol. The van der Waals surface area contributed by atoms with Gasteiger partial charge in [-0.25, -0.2) is 9.18 Å². The molecule has 0 spiro atoms. The van der Waals surface area contributed by atoms with E-state index in [9.17, 15) is 14.0 Å². The van der Waals surface area contributed by atoms with Gasteiger partial charge in [-0.3, -0.25) is 4.79 Å². The molecule has 0 aliphatic carbocycles. The first-order valence-corrected chi connectivity index (χ1v) is 12.9. The molecule has 36 heavy (non-hydrogen) atoms. The summed E-state index contributed by atoms with van der Waals surface area (Å²) < 4.78 is 15.0. The van der Waals surface area contributed by atoms with E-state index in [1.165, 1.54) is 17.4 Å². The molecule has 1 aliphatic rings. The number of hydroxylamine groups is 2. The number of piperazine rings is 1. The molecule has 1 aromatic heterocycles. The Bertz CT molecular complexity index is 1260. The highest BCUT2D eigenvalue weighted by Gasteiger charge is 2.28. The summed E-state index contributed by atoms with van der Waals surface area (Å²) in [6.07, 6.45) is 0. The van der Waals surface area contributed by atoms with Crippen molar-refractivity contribution in [2.75, 3.05) is 36.4 Å². The van der Waals surface area contributed by atoms with Gasteiger partial charge in [0.15, 0.2) is 0 Å². The van der Waals surface area contributed by atoms with Crippen LogP contribution in [-0.4, -0.2) is 43.1 Å². The molecule has 1 aliphatic heterocycles. The van der Waals surface area contributed by atoms with E-state index in [2.05, 4.69) is 5.32 Å². The van der Waals surface area contributed by atoms with Crippen LogP contribution in [-0.2, 0) is 9.63 Å². The predicted octanol–water partition coefficient (Wildman–Crippen LogP) is 6.39. The zero-order valence-corrected chi connectivity index (χ0v) is 22.3. The van der Waals surface area contributed by atoms with Gasteiger partial charge in [0, 0.05) is 28.7 Å². The van der Waals surface area contributed by atoms with Crippen molar-refractivity contribution >= 4 is 46.2 Å². The highest BCUT2D eigenvalue weighted by Crippen LogP contribution is 2.33. The van der Waals surface area contributed by atoms with Crippen molar-refractivity contribution in [1.29, 1.82) is 0 Å². The molecular weight excluding hydrogens is 501 g/mol. The van der Waals surface area contributed by atoms with Crippen molar-refractivity contribution < 1.29 is 18.8 Å². The van der Waals surface area contributed by atoms with Crippen molar-refractivity contribution in [2.24, 2.45) is 5.41 Å². The minimum Gasteiger partial charge on any atom is -0.367 e. The van der Waals surface area contributed by atoms with Crippen LogP contribution in [0.3, 0.4) is 0 Å². The molecule has 1 N–H and O–H groups in total. The van der Waals surface area contributed by atoms with Crippen molar-refractivity contribution in [1.82, 2.24) is 5.06 Å². The van der Waals surface area contributed by atoms with Gasteiger partial charge in [0.25, 0.3) is 5.91 Å². The standard InChI is InChI=1S/C27H29ClFN3O3S/c1-17-15-23(18-5-7-19(28)8-6-18)36-24(17)25(33)30-20-9-10-22(21(29)16-20)31-11-13-32(14-12-31)35-26(34)27(2,3)4/h5-10,15-16H,11-14H2,1-4H3,(H,30,33). The maximum absolute atomic E-state index is 15.0. The molecular formula is C27H29ClFN3O3S. The third-order valence-corrected chi connectivity index (χ3v) is 7.40. The van der Waals surface area contributed by atoms with Crippen LogP contribution in [0.25, 0.3) is 10.4 Å². The number of hydrogen-bond donors (Lipinski definition) is 1. The van der Waals surface area contributed by atoms with Gasteiger partial charge in [-0.1, -0.05) is 23.7 Å². The fraction of sp³-hybridized carbons (Fsp3) is 0.333. The average molecular weight is 530 g/mol. The number of carbonyl (C=O) groups is 2. The van der Waals surface area contributed by atoms with E-state index in [-0.39, 0.29) is 11.9 Å². The van der Waals surface area contributed by atoms with Crippen LogP contribution in [0.4, 0.5) is 15.8 Å². The molecule has 2 aromatic carbocycles. The highest BCUT2D eigenvalue weighted by molar-refractivity contribution is 7.17. The van der Waals surface area contributed by atoms with E-state index in [0.717, 1.165) is 16.0 Å². The number of rotatable bonds is 5. The Balaban J connectivity index is 1.38. The Morgan fingerprint density at radius 2 is 1.69 bits per heavy atom. The summed E-state index contributed by atoms with van der Waals surface area (Å²) in [4.78, 5) is 33.9. The molecule has 1 saturated heterocycles. The number of halogens is 2. The highest BCUT2D eigenvalue weighted by atomic mass is 35.5. The van der Waals surface area contributed by atoms with E-state index in [1.54, 1.807) is 38.0 Å². The predicted molar refractivity (Wildman–Crippen MR) is 143 cm³/mol. The van der Waals surface area contributed by atoms with Gasteiger partial charge in [-0.05, 0) is 75.2 Å². The zero-order chi connectivity index (χ0) is 26.0. The molecule has 3 aromatic rings. The Hall–Kier alpha value is -2.94. The third-order valence-electron chi connectivity index (χ3n) is 5.86. The Morgan fingerprint density at radius 1 is 1.03 bits per heavy atom. The van der Waals surface area contributed by atoms with Crippen LogP contribution in [0.5, 0.6) is 0 Å². The first-order chi connectivity index (χ1) is 17.0. The summed E-state index contributed by atoms with van der Waals surface area (Å²) >= 11 is 7.36. The molecule has 1 amide bonds. The maximum Gasteiger partial charge on any atom is 0.330 e. The van der Waals surface area contributed by atoms with Crippen LogP contribution in [0.2, 0.25) is 5.02 Å². The number of hydrogen-bond acceptors (Lipinski definition) is 6. The Kier molecular flexibility index (Phi) is 7.68. The minimum absolute atomic E-state index is 0.279. The summed E-state index contributed by atoms with van der Waals surface area (Å²) in [6.45, 7) is 9.29. The van der Waals surface area contributed by atoms with Crippen molar-refractivity contribution in [3.63, 3.8) is 0 Å². The zero-order valence-electron chi connectivity index (χ0n) is 20.7. The Labute approximate surface area is 219 Å². The number of nitrogens with zero attached hydrogens (tertiary/aromatic N) is 2. The summed E-state index contributed by atoms with van der Waals surface area (Å²) in [7, 11) is 0. The molecule has 6 nitrogen and oxygen atoms in total. The quantitative estimate of drug-likeness (QED) is 0.414. The molecule has 2 heterocycles. The van der Waals surface area contributed by atoms with E-state index >= 15 is 0 Å². The smallest absolute Gasteiger partial charge is 0.330 e. The van der Waals surface area contributed by atoms with Crippen LogP contribution >= 0.6 is 22.9 Å². The molecule has 0 radical (unpaired) electrons. The number of amides is 1. The van der Waals surface area contributed by atoms with Crippen LogP contribution < -0.4 is 10.2 Å². The first kappa shape index (κ1) is 26.1. The molecule has 190 valence electrons. The summed E-state index contributed by atoms with van der Waals surface area (Å²) in [5.41, 5.74) is 2.09. The van der Waals surface area contributed by atoms with E-state index in [1.807, 2.05) is 42.2 Å². The molecule has 0 bridgehead atoms. The lowest BCUT2D eigenvalue weighted by Gasteiger charge is -2.35. The van der Waals surface area contributed by atoms with Gasteiger partial charge < -0.3 is 15.1 Å². The van der Waals surface area contributed by atoms with Gasteiger partial charge in [0.1, 0.15) is 5.82 Å². The lowest BCUT2D eigenvalue weighted by atomic mass is 9.98. The fourth-order valence-corrected chi connectivity index (χ4v) is 4.97. The molecule has 1 fully saturated rings. The molecule has 0 atom stereocenters. The largest absolute Gasteiger partial charge is 0.367 e. The molecule has 0 saturated carbocycles. The van der Waals surface area contributed by atoms with Gasteiger partial charge in [0.05, 0.1) is 29.1 Å². The van der Waals surface area contributed by atoms with E-state index in [0.29, 0.717) is 47.5 Å². The third kappa shape index (κ3) is 6.06. The number of carbonyl (C=O) groups excluding carboxylic acids is 2. The van der Waals surface area contributed by atoms with Gasteiger partial charge in [0.2, 0.25) is 0 Å². The van der Waals surface area contributed by atoms with Gasteiger partial charge >= 0.3 is 5.97 Å². The van der Waals surface area contributed by atoms with Gasteiger partial charge in [-0.2, -0.15) is 0 Å². The summed E-state index contributed by atoms with van der Waals surface area (Å²) in [5, 5.41) is 5.09. The van der Waals surface area contributed by atoms with Crippen molar-refractivity contribution in [3.8, 4) is 10.4 Å². The molecule has 0 unspecified atom stereocenters. The number of thiophene rings is 1. The van der Waals surface area contributed by atoms with Crippen molar-refractivity contribution in [3.05, 3.63) is 69.8 Å². The second-order valence-electron chi connectivity index (χ2n) is 9.79. The summed E-state index contributed by atoms with van der Waals surface area (Å²) in [6, 6.07) is 14.1. The minimum atomic E-state index is -0.581. The number of nitrogens with one attached hydrogen (secondary N) is 1. The first-order valence-electron chi connectivity index (χ1n) is 11.7. The molecule has 4 rings (SSSR count). The number of anilines is 2. The summed E-state index contributed by atoms with van der Waals surface area (Å²) in [5.74, 6) is -0.986. The lowest BCUT2D eigenvalue weighted by Crippen LogP contribution is -2.48. The van der Waals surface area contributed by atoms with Crippen molar-refractivity contribution in [2.45, 2.75) is 27.7 Å². The molecule has 9 heteroatoms. The van der Waals surface area contributed by atoms with Crippen LogP contribution in [0.1, 0.15) is 36.0 Å². The second kappa shape index (κ2) is 10.6. The normalized spacial score (nSPS) is 14.6. The Morgan fingerprint density at radius 3 is 2.31 bits per heavy atom. The number of benzene rings is 2. The SMILES string of the molecule is Cc1cc(-c2ccc(Cl)cc2)sc1C(=O)Nc1ccc(N2CCN(OC(=O)C(C)(C)C)CC2)c(F)c1. The van der Waals surface area contributed by atoms with E-state index in [4.69, 9.17) is 16.4 Å². The van der Waals surface area contributed by atoms with Crippen LogP contribution in [0.15, 0.2) is 48.5 Å². The second-order valence-corrected chi connectivity index (χ2v) is 11.3. The van der Waals surface area contributed by atoms with Crippen LogP contribution in [0, 0.1) is 18.2 Å². The maximum atomic E-state index is 15.0.